The number of ketones is 1. The van der Waals surface area contributed by atoms with Crippen LogP contribution < -0.4 is 0 Å². The number of unbranched alkanes of at least 4 members (excludes halogenated alkanes) is 1. The van der Waals surface area contributed by atoms with Gasteiger partial charge in [0.2, 0.25) is 0 Å². The van der Waals surface area contributed by atoms with Crippen LogP contribution in [0.4, 0.5) is 0 Å². The fourth-order valence-electron chi connectivity index (χ4n) is 2.29. The van der Waals surface area contributed by atoms with Crippen LogP contribution >= 0.6 is 23.2 Å². The van der Waals surface area contributed by atoms with Gasteiger partial charge >= 0.3 is 0 Å². The second-order valence-corrected chi connectivity index (χ2v) is 5.66. The summed E-state index contributed by atoms with van der Waals surface area (Å²) in [4.78, 5) is 12.6. The normalized spacial score (nSPS) is 13.6. The van der Waals surface area contributed by atoms with E-state index in [4.69, 9.17) is 23.2 Å². The topological polar surface area (TPSA) is 40.9 Å². The van der Waals surface area contributed by atoms with E-state index < -0.39 is 5.92 Å². The van der Waals surface area contributed by atoms with Crippen molar-refractivity contribution in [3.05, 3.63) is 33.8 Å². The third-order valence-electron chi connectivity index (χ3n) is 3.50. The van der Waals surface area contributed by atoms with Gasteiger partial charge in [-0.2, -0.15) is 5.26 Å². The molecule has 108 valence electrons. The van der Waals surface area contributed by atoms with Gasteiger partial charge in [-0.3, -0.25) is 4.79 Å². The number of carbonyl (C=O) groups is 1. The highest BCUT2D eigenvalue weighted by molar-refractivity contribution is 6.36. The van der Waals surface area contributed by atoms with Crippen LogP contribution in [0.25, 0.3) is 0 Å². The van der Waals surface area contributed by atoms with Gasteiger partial charge in [0.05, 0.1) is 6.07 Å². The van der Waals surface area contributed by atoms with Crippen molar-refractivity contribution in [2.75, 3.05) is 0 Å². The van der Waals surface area contributed by atoms with Crippen LogP contribution in [0.5, 0.6) is 0 Å². The standard InChI is InChI=1S/C16H19Cl2NO/c1-3-5-7-11(4-2)16(20)12(10-19)15-13(17)8-6-9-14(15)18/h6,8-9,11-12H,3-5,7H2,1-2H3. The lowest BCUT2D eigenvalue weighted by atomic mass is 9.84. The van der Waals surface area contributed by atoms with Gasteiger partial charge in [-0.05, 0) is 25.0 Å². The third-order valence-corrected chi connectivity index (χ3v) is 4.16. The Balaban J connectivity index is 3.07. The Bertz CT molecular complexity index is 487. The minimum absolute atomic E-state index is 0.0709. The lowest BCUT2D eigenvalue weighted by Crippen LogP contribution is -2.21. The predicted molar refractivity (Wildman–Crippen MR) is 83.1 cm³/mol. The summed E-state index contributed by atoms with van der Waals surface area (Å²) in [5, 5.41) is 10.1. The zero-order chi connectivity index (χ0) is 15.1. The molecule has 4 heteroatoms. The highest BCUT2D eigenvalue weighted by Gasteiger charge is 2.29. The SMILES string of the molecule is CCCCC(CC)C(=O)C(C#N)c1c(Cl)cccc1Cl. The van der Waals surface area contributed by atoms with Crippen molar-refractivity contribution in [2.45, 2.75) is 45.4 Å². The number of rotatable bonds is 7. The molecule has 0 saturated carbocycles. The lowest BCUT2D eigenvalue weighted by Gasteiger charge is -2.18. The van der Waals surface area contributed by atoms with Crippen molar-refractivity contribution in [1.82, 2.24) is 0 Å². The molecule has 0 bridgehead atoms. The first-order valence-corrected chi connectivity index (χ1v) is 7.69. The molecule has 0 aliphatic rings. The fraction of sp³-hybridized carbons (Fsp3) is 0.500. The second kappa shape index (κ2) is 8.29. The van der Waals surface area contributed by atoms with E-state index in [9.17, 15) is 10.1 Å². The van der Waals surface area contributed by atoms with Crippen LogP contribution in [-0.4, -0.2) is 5.78 Å². The second-order valence-electron chi connectivity index (χ2n) is 4.85. The first kappa shape index (κ1) is 17.0. The van der Waals surface area contributed by atoms with Crippen molar-refractivity contribution in [2.24, 2.45) is 5.92 Å². The monoisotopic (exact) mass is 311 g/mol. The molecule has 1 aromatic carbocycles. The lowest BCUT2D eigenvalue weighted by molar-refractivity contribution is -0.123. The Labute approximate surface area is 130 Å². The van der Waals surface area contributed by atoms with Gasteiger partial charge in [0.1, 0.15) is 5.92 Å². The first-order valence-electron chi connectivity index (χ1n) is 6.94. The number of benzene rings is 1. The number of carbonyl (C=O) groups excluding carboxylic acids is 1. The molecule has 0 heterocycles. The van der Waals surface area contributed by atoms with E-state index in [0.29, 0.717) is 15.6 Å². The summed E-state index contributed by atoms with van der Waals surface area (Å²) in [6, 6.07) is 7.10. The van der Waals surface area contributed by atoms with Crippen molar-refractivity contribution in [3.8, 4) is 6.07 Å². The maximum atomic E-state index is 12.6. The van der Waals surface area contributed by atoms with Gasteiger partial charge in [-0.1, -0.05) is 56.0 Å². The highest BCUT2D eigenvalue weighted by Crippen LogP contribution is 2.34. The molecule has 0 fully saturated rings. The summed E-state index contributed by atoms with van der Waals surface area (Å²) >= 11 is 12.2. The quantitative estimate of drug-likeness (QED) is 0.677. The highest BCUT2D eigenvalue weighted by atomic mass is 35.5. The minimum atomic E-state index is -0.877. The molecule has 0 saturated heterocycles. The average Bonchev–Trinajstić information content (AvgIpc) is 2.43. The molecule has 0 N–H and O–H groups in total. The molecule has 1 aromatic rings. The Morgan fingerprint density at radius 2 is 1.90 bits per heavy atom. The van der Waals surface area contributed by atoms with Gasteiger partial charge < -0.3 is 0 Å². The summed E-state index contributed by atoms with van der Waals surface area (Å²) in [7, 11) is 0. The van der Waals surface area contributed by atoms with Crippen LogP contribution in [0, 0.1) is 17.2 Å². The van der Waals surface area contributed by atoms with Gasteiger partial charge in [0, 0.05) is 21.5 Å². The van der Waals surface area contributed by atoms with E-state index in [2.05, 4.69) is 13.0 Å². The molecule has 2 atom stereocenters. The maximum absolute atomic E-state index is 12.6. The van der Waals surface area contributed by atoms with Crippen LogP contribution in [-0.2, 0) is 4.79 Å². The largest absolute Gasteiger partial charge is 0.298 e. The predicted octanol–water partition coefficient (Wildman–Crippen LogP) is 5.39. The zero-order valence-corrected chi connectivity index (χ0v) is 13.3. The third kappa shape index (κ3) is 3.98. The zero-order valence-electron chi connectivity index (χ0n) is 11.8. The maximum Gasteiger partial charge on any atom is 0.157 e. The molecule has 2 unspecified atom stereocenters. The summed E-state index contributed by atoms with van der Waals surface area (Å²) in [6.07, 6.45) is 3.57. The van der Waals surface area contributed by atoms with Crippen molar-refractivity contribution in [1.29, 1.82) is 5.26 Å². The smallest absolute Gasteiger partial charge is 0.157 e. The van der Waals surface area contributed by atoms with Gasteiger partial charge in [0.25, 0.3) is 0 Å². The summed E-state index contributed by atoms with van der Waals surface area (Å²) in [6.45, 7) is 4.06. The Hall–Kier alpha value is -1.04. The number of hydrogen-bond acceptors (Lipinski definition) is 2. The number of halogens is 2. The van der Waals surface area contributed by atoms with Crippen LogP contribution in [0.15, 0.2) is 18.2 Å². The van der Waals surface area contributed by atoms with Crippen molar-refractivity contribution in [3.63, 3.8) is 0 Å². The molecular weight excluding hydrogens is 293 g/mol. The Morgan fingerprint density at radius 3 is 2.35 bits per heavy atom. The van der Waals surface area contributed by atoms with Crippen molar-refractivity contribution >= 4 is 29.0 Å². The van der Waals surface area contributed by atoms with Crippen LogP contribution in [0.2, 0.25) is 10.0 Å². The summed E-state index contributed by atoms with van der Waals surface area (Å²) in [5.74, 6) is -1.05. The molecule has 1 rings (SSSR count). The average molecular weight is 312 g/mol. The van der Waals surface area contributed by atoms with Gasteiger partial charge in [-0.25, -0.2) is 0 Å². The molecule has 2 nitrogen and oxygen atoms in total. The van der Waals surface area contributed by atoms with Crippen LogP contribution in [0.3, 0.4) is 0 Å². The minimum Gasteiger partial charge on any atom is -0.298 e. The van der Waals surface area contributed by atoms with E-state index in [-0.39, 0.29) is 11.7 Å². The summed E-state index contributed by atoms with van der Waals surface area (Å²) < 4.78 is 0. The molecule has 0 aliphatic carbocycles. The molecule has 0 amide bonds. The number of Topliss-reactive ketones (excluding diaryl/α,β-unsaturated/α-hetero) is 1. The van der Waals surface area contributed by atoms with E-state index in [0.717, 1.165) is 25.7 Å². The molecular formula is C16H19Cl2NO. The number of nitrogens with zero attached hydrogens (tertiary/aromatic N) is 1. The number of nitriles is 1. The fourth-order valence-corrected chi connectivity index (χ4v) is 2.91. The summed E-state index contributed by atoms with van der Waals surface area (Å²) in [5.41, 5.74) is 0.443. The van der Waals surface area contributed by atoms with Crippen LogP contribution in [0.1, 0.15) is 51.0 Å². The van der Waals surface area contributed by atoms with E-state index >= 15 is 0 Å². The van der Waals surface area contributed by atoms with E-state index in [1.807, 2.05) is 6.92 Å². The Morgan fingerprint density at radius 1 is 1.30 bits per heavy atom. The molecule has 0 aliphatic heterocycles. The molecule has 0 radical (unpaired) electrons. The first-order chi connectivity index (χ1) is 9.56. The van der Waals surface area contributed by atoms with E-state index in [1.165, 1.54) is 0 Å². The van der Waals surface area contributed by atoms with Gasteiger partial charge in [0.15, 0.2) is 5.78 Å². The van der Waals surface area contributed by atoms with Gasteiger partial charge in [-0.15, -0.1) is 0 Å². The van der Waals surface area contributed by atoms with E-state index in [1.54, 1.807) is 18.2 Å². The number of hydrogen-bond donors (Lipinski definition) is 0. The molecule has 0 spiro atoms. The molecule has 0 aromatic heterocycles. The molecule has 20 heavy (non-hydrogen) atoms. The Kier molecular flexibility index (Phi) is 7.05. The van der Waals surface area contributed by atoms with Crippen molar-refractivity contribution < 1.29 is 4.79 Å².